The second-order valence-corrected chi connectivity index (χ2v) is 12.5. The normalized spacial score (nSPS) is 11.9. The number of carbonyl (C=O) groups excluding carboxylic acids is 2. The van der Waals surface area contributed by atoms with Crippen molar-refractivity contribution in [3.63, 3.8) is 0 Å². The van der Waals surface area contributed by atoms with E-state index in [4.69, 9.17) is 0 Å². The van der Waals surface area contributed by atoms with Gasteiger partial charge in [0.25, 0.3) is 0 Å². The molecule has 2 heterocycles. The summed E-state index contributed by atoms with van der Waals surface area (Å²) in [5.74, 6) is -4.66. The van der Waals surface area contributed by atoms with Crippen LogP contribution < -0.4 is 10.7 Å². The number of rotatable bonds is 10. The van der Waals surface area contributed by atoms with Gasteiger partial charge >= 0.3 is 12.1 Å². The summed E-state index contributed by atoms with van der Waals surface area (Å²) in [6, 6.07) is 18.8. The fourth-order valence-electron chi connectivity index (χ4n) is 5.27. The average Bonchev–Trinajstić information content (AvgIpc) is 3.39. The standard InChI is InChI=1S/C35H30F5N3O3S/c1-20(2)30(44)26-19-43(18-24-27(36)10-7-11-28(24)37)33-29(31(26)45)25(17-42(3)16-21-8-5-4-6-9-21)32(47-33)22-12-14-23(15-13-22)41-34(46)35(38,39)40/h4-15,19-20H,16-18H2,1-3H3,(H,41,46). The highest BCUT2D eigenvalue weighted by Crippen LogP contribution is 2.39. The van der Waals surface area contributed by atoms with Crippen LogP contribution in [0.3, 0.4) is 0 Å². The largest absolute Gasteiger partial charge is 0.471 e. The van der Waals surface area contributed by atoms with E-state index in [-0.39, 0.29) is 35.3 Å². The number of nitrogens with one attached hydrogen (secondary N) is 1. The van der Waals surface area contributed by atoms with Gasteiger partial charge in [-0.3, -0.25) is 19.3 Å². The molecule has 0 bridgehead atoms. The lowest BCUT2D eigenvalue weighted by molar-refractivity contribution is -0.167. The highest BCUT2D eigenvalue weighted by atomic mass is 32.1. The first-order valence-corrected chi connectivity index (χ1v) is 15.4. The molecule has 0 saturated heterocycles. The van der Waals surface area contributed by atoms with Crippen LogP contribution in [0.2, 0.25) is 0 Å². The Morgan fingerprint density at radius 2 is 1.53 bits per heavy atom. The number of anilines is 1. The van der Waals surface area contributed by atoms with Gasteiger partial charge in [0.2, 0.25) is 5.43 Å². The third-order valence-electron chi connectivity index (χ3n) is 7.57. The highest BCUT2D eigenvalue weighted by Gasteiger charge is 2.38. The van der Waals surface area contributed by atoms with Gasteiger partial charge in [0.05, 0.1) is 17.5 Å². The highest BCUT2D eigenvalue weighted by molar-refractivity contribution is 7.22. The molecule has 0 unspecified atom stereocenters. The van der Waals surface area contributed by atoms with Crippen molar-refractivity contribution in [1.82, 2.24) is 9.47 Å². The van der Waals surface area contributed by atoms with Crippen LogP contribution in [0.25, 0.3) is 20.7 Å². The predicted molar refractivity (Wildman–Crippen MR) is 172 cm³/mol. The third kappa shape index (κ3) is 7.34. The quantitative estimate of drug-likeness (QED) is 0.121. The lowest BCUT2D eigenvalue weighted by Gasteiger charge is -2.18. The maximum absolute atomic E-state index is 14.8. The number of pyridine rings is 1. The fraction of sp³-hybridized carbons (Fsp3) is 0.229. The van der Waals surface area contributed by atoms with E-state index in [1.54, 1.807) is 13.8 Å². The number of thiophene rings is 1. The number of fused-ring (bicyclic) bond motifs is 1. The monoisotopic (exact) mass is 667 g/mol. The number of carbonyl (C=O) groups is 2. The molecule has 0 aliphatic carbocycles. The van der Waals surface area contributed by atoms with Crippen molar-refractivity contribution in [3.05, 3.63) is 123 Å². The van der Waals surface area contributed by atoms with Gasteiger partial charge in [-0.25, -0.2) is 8.78 Å². The number of ketones is 1. The van der Waals surface area contributed by atoms with E-state index in [2.05, 4.69) is 0 Å². The number of Topliss-reactive ketones (excluding diaryl/α,β-unsaturated/α-hetero) is 1. The van der Waals surface area contributed by atoms with E-state index in [0.29, 0.717) is 27.4 Å². The van der Waals surface area contributed by atoms with E-state index in [0.717, 1.165) is 29.0 Å². The molecule has 12 heteroatoms. The molecule has 5 aromatic rings. The van der Waals surface area contributed by atoms with Gasteiger partial charge in [0.15, 0.2) is 5.78 Å². The number of hydrogen-bond acceptors (Lipinski definition) is 5. The van der Waals surface area contributed by atoms with E-state index in [1.165, 1.54) is 41.1 Å². The van der Waals surface area contributed by atoms with Crippen LogP contribution in [-0.2, 0) is 24.4 Å². The molecule has 0 atom stereocenters. The van der Waals surface area contributed by atoms with Crippen LogP contribution in [0.1, 0.15) is 40.9 Å². The van der Waals surface area contributed by atoms with Gasteiger partial charge in [-0.15, -0.1) is 11.3 Å². The smallest absolute Gasteiger partial charge is 0.334 e. The van der Waals surface area contributed by atoms with Crippen LogP contribution in [0.15, 0.2) is 83.8 Å². The number of halogens is 5. The van der Waals surface area contributed by atoms with Crippen molar-refractivity contribution in [2.24, 2.45) is 5.92 Å². The Hall–Kier alpha value is -4.68. The summed E-state index contributed by atoms with van der Waals surface area (Å²) in [6.45, 7) is 3.72. The second-order valence-electron chi connectivity index (χ2n) is 11.5. The molecule has 1 amide bonds. The predicted octanol–water partition coefficient (Wildman–Crippen LogP) is 8.03. The van der Waals surface area contributed by atoms with Gasteiger partial charge in [0, 0.05) is 41.3 Å². The van der Waals surface area contributed by atoms with Gasteiger partial charge < -0.3 is 9.88 Å². The fourth-order valence-corrected chi connectivity index (χ4v) is 6.56. The first-order chi connectivity index (χ1) is 22.2. The summed E-state index contributed by atoms with van der Waals surface area (Å²) in [5, 5.41) is 2.03. The summed E-state index contributed by atoms with van der Waals surface area (Å²) in [4.78, 5) is 41.8. The Bertz CT molecular complexity index is 1980. The van der Waals surface area contributed by atoms with Gasteiger partial charge in [-0.05, 0) is 48.0 Å². The second kappa shape index (κ2) is 13.6. The Morgan fingerprint density at radius 3 is 2.13 bits per heavy atom. The molecule has 0 spiro atoms. The summed E-state index contributed by atoms with van der Waals surface area (Å²) in [7, 11) is 1.85. The van der Waals surface area contributed by atoms with Gasteiger partial charge in [-0.1, -0.05) is 62.4 Å². The van der Waals surface area contributed by atoms with Crippen molar-refractivity contribution in [2.75, 3.05) is 12.4 Å². The van der Waals surface area contributed by atoms with Gasteiger partial charge in [0.1, 0.15) is 16.5 Å². The molecule has 0 aliphatic rings. The SMILES string of the molecule is CC(C)C(=O)c1cn(Cc2c(F)cccc2F)c2sc(-c3ccc(NC(=O)C(F)(F)F)cc3)c(CN(C)Cc3ccccc3)c2c1=O. The number of hydrogen-bond donors (Lipinski definition) is 1. The van der Waals surface area contributed by atoms with E-state index >= 15 is 0 Å². The number of amides is 1. The van der Waals surface area contributed by atoms with Crippen LogP contribution in [-0.4, -0.2) is 34.4 Å². The Labute approximate surface area is 271 Å². The van der Waals surface area contributed by atoms with Crippen molar-refractivity contribution in [1.29, 1.82) is 0 Å². The van der Waals surface area contributed by atoms with Crippen LogP contribution in [0, 0.1) is 17.6 Å². The first kappa shape index (κ1) is 33.7. The maximum atomic E-state index is 14.8. The summed E-state index contributed by atoms with van der Waals surface area (Å²) in [6.07, 6.45) is -3.73. The lowest BCUT2D eigenvalue weighted by atomic mass is 9.99. The molecule has 3 aromatic carbocycles. The number of alkyl halides is 3. The van der Waals surface area contributed by atoms with Crippen LogP contribution in [0.5, 0.6) is 0 Å². The van der Waals surface area contributed by atoms with Crippen molar-refractivity contribution < 1.29 is 31.5 Å². The molecular weight excluding hydrogens is 637 g/mol. The molecular formula is C35H30F5N3O3S. The summed E-state index contributed by atoms with van der Waals surface area (Å²) < 4.78 is 69.7. The maximum Gasteiger partial charge on any atom is 0.471 e. The van der Waals surface area contributed by atoms with E-state index in [9.17, 15) is 36.3 Å². The van der Waals surface area contributed by atoms with Crippen molar-refractivity contribution in [3.8, 4) is 10.4 Å². The Morgan fingerprint density at radius 1 is 0.894 bits per heavy atom. The minimum Gasteiger partial charge on any atom is -0.334 e. The molecule has 5 rings (SSSR count). The zero-order valence-electron chi connectivity index (χ0n) is 25.6. The van der Waals surface area contributed by atoms with Crippen LogP contribution in [0.4, 0.5) is 27.6 Å². The molecule has 6 nitrogen and oxygen atoms in total. The van der Waals surface area contributed by atoms with Crippen LogP contribution >= 0.6 is 11.3 Å². The number of benzene rings is 3. The molecule has 0 radical (unpaired) electrons. The molecule has 2 aromatic heterocycles. The zero-order chi connectivity index (χ0) is 34.0. The Balaban J connectivity index is 1.71. The first-order valence-electron chi connectivity index (χ1n) is 14.6. The third-order valence-corrected chi connectivity index (χ3v) is 8.89. The number of aromatic nitrogens is 1. The number of nitrogens with zero attached hydrogens (tertiary/aromatic N) is 2. The minimum absolute atomic E-state index is 0.0839. The lowest BCUT2D eigenvalue weighted by Crippen LogP contribution is -2.29. The molecule has 0 aliphatic heterocycles. The molecule has 244 valence electrons. The summed E-state index contributed by atoms with van der Waals surface area (Å²) >= 11 is 1.16. The molecule has 47 heavy (non-hydrogen) atoms. The van der Waals surface area contributed by atoms with Gasteiger partial charge in [-0.2, -0.15) is 13.2 Å². The van der Waals surface area contributed by atoms with E-state index in [1.807, 2.05) is 47.6 Å². The molecule has 0 saturated carbocycles. The van der Waals surface area contributed by atoms with Crippen molar-refractivity contribution >= 4 is 38.9 Å². The topological polar surface area (TPSA) is 71.4 Å². The zero-order valence-corrected chi connectivity index (χ0v) is 26.4. The minimum atomic E-state index is -5.07. The van der Waals surface area contributed by atoms with E-state index < -0.39 is 40.8 Å². The molecule has 1 N–H and O–H groups in total. The summed E-state index contributed by atoms with van der Waals surface area (Å²) in [5.41, 5.74) is 1.10. The Kier molecular flexibility index (Phi) is 9.73. The average molecular weight is 668 g/mol. The van der Waals surface area contributed by atoms with Crippen molar-refractivity contribution in [2.45, 2.75) is 39.7 Å². The molecule has 0 fully saturated rings.